The van der Waals surface area contributed by atoms with E-state index in [0.29, 0.717) is 31.5 Å². The Balaban J connectivity index is 1.63. The molecule has 0 aromatic heterocycles. The topological polar surface area (TPSA) is 90.5 Å². The molecule has 1 fully saturated rings. The van der Waals surface area contributed by atoms with Gasteiger partial charge >= 0.3 is 6.03 Å². The average molecular weight is 451 g/mol. The number of hydrogen-bond donors (Lipinski definition) is 3. The molecule has 0 bridgehead atoms. The summed E-state index contributed by atoms with van der Waals surface area (Å²) in [6.07, 6.45) is 2.08. The SMILES string of the molecule is CC[C@@H](C)NC(=O)[C@H](NC(=O)c1ccccc1)C1CCN(C(=O)Nc2ccc(C)cc2)CC1. The van der Waals surface area contributed by atoms with Crippen molar-refractivity contribution in [2.24, 2.45) is 5.92 Å². The lowest BCUT2D eigenvalue weighted by molar-refractivity contribution is -0.125. The van der Waals surface area contributed by atoms with E-state index in [0.717, 1.165) is 17.7 Å². The fraction of sp³-hybridized carbons (Fsp3) is 0.423. The van der Waals surface area contributed by atoms with Crippen molar-refractivity contribution in [3.63, 3.8) is 0 Å². The summed E-state index contributed by atoms with van der Waals surface area (Å²) in [6.45, 7) is 7.01. The molecule has 1 aliphatic heterocycles. The quantitative estimate of drug-likeness (QED) is 0.597. The van der Waals surface area contributed by atoms with Gasteiger partial charge in [-0.15, -0.1) is 0 Å². The molecule has 0 spiro atoms. The second kappa shape index (κ2) is 11.5. The van der Waals surface area contributed by atoms with E-state index in [9.17, 15) is 14.4 Å². The molecule has 0 radical (unpaired) electrons. The van der Waals surface area contributed by atoms with Crippen LogP contribution >= 0.6 is 0 Å². The van der Waals surface area contributed by atoms with Crippen molar-refractivity contribution < 1.29 is 14.4 Å². The molecule has 2 aromatic carbocycles. The zero-order valence-corrected chi connectivity index (χ0v) is 19.6. The molecule has 7 nitrogen and oxygen atoms in total. The van der Waals surface area contributed by atoms with Crippen molar-refractivity contribution in [2.75, 3.05) is 18.4 Å². The number of urea groups is 1. The van der Waals surface area contributed by atoms with Gasteiger partial charge in [-0.3, -0.25) is 9.59 Å². The standard InChI is InChI=1S/C26H34N4O3/c1-4-19(3)27-25(32)23(29-24(31)21-8-6-5-7-9-21)20-14-16-30(17-15-20)26(33)28-22-12-10-18(2)11-13-22/h5-13,19-20,23H,4,14-17H2,1-3H3,(H,27,32)(H,28,33)(H,29,31)/t19-,23-/m1/s1. The van der Waals surface area contributed by atoms with Gasteiger partial charge in [-0.2, -0.15) is 0 Å². The van der Waals surface area contributed by atoms with E-state index in [4.69, 9.17) is 0 Å². The first-order valence-electron chi connectivity index (χ1n) is 11.7. The van der Waals surface area contributed by atoms with Crippen LogP contribution in [0, 0.1) is 12.8 Å². The summed E-state index contributed by atoms with van der Waals surface area (Å²) in [5, 5.41) is 8.89. The number of aryl methyl sites for hydroxylation is 1. The van der Waals surface area contributed by atoms with Gasteiger partial charge in [0.15, 0.2) is 0 Å². The molecule has 0 unspecified atom stereocenters. The van der Waals surface area contributed by atoms with Crippen LogP contribution < -0.4 is 16.0 Å². The van der Waals surface area contributed by atoms with Crippen LogP contribution in [0.2, 0.25) is 0 Å². The lowest BCUT2D eigenvalue weighted by atomic mass is 9.88. The summed E-state index contributed by atoms with van der Waals surface area (Å²) < 4.78 is 0. The highest BCUT2D eigenvalue weighted by Crippen LogP contribution is 2.23. The van der Waals surface area contributed by atoms with E-state index in [1.54, 1.807) is 29.2 Å². The molecule has 1 heterocycles. The third kappa shape index (κ3) is 6.81. The van der Waals surface area contributed by atoms with Crippen LogP contribution in [0.5, 0.6) is 0 Å². The number of amides is 4. The van der Waals surface area contributed by atoms with Crippen molar-refractivity contribution in [3.8, 4) is 0 Å². The largest absolute Gasteiger partial charge is 0.352 e. The minimum Gasteiger partial charge on any atom is -0.352 e. The maximum absolute atomic E-state index is 13.0. The molecule has 176 valence electrons. The average Bonchev–Trinajstić information content (AvgIpc) is 2.84. The Kier molecular flexibility index (Phi) is 8.46. The molecule has 1 saturated heterocycles. The Labute approximate surface area is 195 Å². The van der Waals surface area contributed by atoms with E-state index in [1.165, 1.54) is 0 Å². The fourth-order valence-corrected chi connectivity index (χ4v) is 3.92. The molecule has 7 heteroatoms. The van der Waals surface area contributed by atoms with Crippen LogP contribution in [0.3, 0.4) is 0 Å². The molecule has 3 rings (SSSR count). The summed E-state index contributed by atoms with van der Waals surface area (Å²) in [5.41, 5.74) is 2.41. The Morgan fingerprint density at radius 2 is 1.61 bits per heavy atom. The van der Waals surface area contributed by atoms with Gasteiger partial charge in [0, 0.05) is 30.4 Å². The zero-order valence-electron chi connectivity index (χ0n) is 19.6. The Morgan fingerprint density at radius 1 is 0.970 bits per heavy atom. The predicted molar refractivity (Wildman–Crippen MR) is 130 cm³/mol. The second-order valence-corrected chi connectivity index (χ2v) is 8.76. The van der Waals surface area contributed by atoms with E-state index in [2.05, 4.69) is 16.0 Å². The normalized spacial score (nSPS) is 15.9. The summed E-state index contributed by atoms with van der Waals surface area (Å²) >= 11 is 0. The van der Waals surface area contributed by atoms with Gasteiger partial charge in [-0.1, -0.05) is 42.8 Å². The number of carbonyl (C=O) groups excluding carboxylic acids is 3. The monoisotopic (exact) mass is 450 g/mol. The second-order valence-electron chi connectivity index (χ2n) is 8.76. The Bertz CT molecular complexity index is 938. The van der Waals surface area contributed by atoms with Gasteiger partial charge in [0.2, 0.25) is 5.91 Å². The number of anilines is 1. The first-order valence-corrected chi connectivity index (χ1v) is 11.7. The van der Waals surface area contributed by atoms with Gasteiger partial charge in [-0.05, 0) is 63.3 Å². The van der Waals surface area contributed by atoms with E-state index >= 15 is 0 Å². The maximum Gasteiger partial charge on any atom is 0.321 e. The highest BCUT2D eigenvalue weighted by molar-refractivity contribution is 5.97. The summed E-state index contributed by atoms with van der Waals surface area (Å²) in [7, 11) is 0. The molecule has 0 aliphatic carbocycles. The van der Waals surface area contributed by atoms with Crippen LogP contribution in [-0.2, 0) is 4.79 Å². The van der Waals surface area contributed by atoms with E-state index in [1.807, 2.05) is 51.1 Å². The molecule has 3 N–H and O–H groups in total. The van der Waals surface area contributed by atoms with Crippen LogP contribution in [0.4, 0.5) is 10.5 Å². The highest BCUT2D eigenvalue weighted by Gasteiger charge is 2.34. The van der Waals surface area contributed by atoms with Crippen molar-refractivity contribution in [2.45, 2.75) is 52.1 Å². The maximum atomic E-state index is 13.0. The van der Waals surface area contributed by atoms with Gasteiger partial charge in [-0.25, -0.2) is 4.79 Å². The van der Waals surface area contributed by atoms with Crippen molar-refractivity contribution in [1.82, 2.24) is 15.5 Å². The number of likely N-dealkylation sites (tertiary alicyclic amines) is 1. The van der Waals surface area contributed by atoms with Crippen molar-refractivity contribution in [3.05, 3.63) is 65.7 Å². The third-order valence-electron chi connectivity index (χ3n) is 6.21. The van der Waals surface area contributed by atoms with E-state index < -0.39 is 6.04 Å². The first-order chi connectivity index (χ1) is 15.9. The molecule has 4 amide bonds. The minimum absolute atomic E-state index is 0.0222. The van der Waals surface area contributed by atoms with E-state index in [-0.39, 0.29) is 29.8 Å². The molecule has 1 aliphatic rings. The van der Waals surface area contributed by atoms with Gasteiger partial charge < -0.3 is 20.9 Å². The van der Waals surface area contributed by atoms with Crippen LogP contribution in [0.25, 0.3) is 0 Å². The van der Waals surface area contributed by atoms with Gasteiger partial charge in [0.1, 0.15) is 6.04 Å². The molecule has 33 heavy (non-hydrogen) atoms. The molecular formula is C26H34N4O3. The van der Waals surface area contributed by atoms with Crippen LogP contribution in [0.15, 0.2) is 54.6 Å². The smallest absolute Gasteiger partial charge is 0.321 e. The first kappa shape index (κ1) is 24.3. The number of nitrogens with one attached hydrogen (secondary N) is 3. The lowest BCUT2D eigenvalue weighted by Crippen LogP contribution is -2.55. The number of benzene rings is 2. The zero-order chi connectivity index (χ0) is 23.8. The number of nitrogens with zero attached hydrogens (tertiary/aromatic N) is 1. The molecule has 2 atom stereocenters. The number of carbonyl (C=O) groups is 3. The van der Waals surface area contributed by atoms with Gasteiger partial charge in [0.05, 0.1) is 0 Å². The van der Waals surface area contributed by atoms with Gasteiger partial charge in [0.25, 0.3) is 5.91 Å². The number of piperidine rings is 1. The molecular weight excluding hydrogens is 416 g/mol. The summed E-state index contributed by atoms with van der Waals surface area (Å²) in [6, 6.07) is 15.8. The fourth-order valence-electron chi connectivity index (χ4n) is 3.92. The summed E-state index contributed by atoms with van der Waals surface area (Å²) in [5.74, 6) is -0.485. The number of hydrogen-bond acceptors (Lipinski definition) is 3. The van der Waals surface area contributed by atoms with Crippen LogP contribution in [-0.4, -0.2) is 47.9 Å². The minimum atomic E-state index is -0.644. The van der Waals surface area contributed by atoms with Crippen LogP contribution in [0.1, 0.15) is 49.0 Å². The third-order valence-corrected chi connectivity index (χ3v) is 6.21. The lowest BCUT2D eigenvalue weighted by Gasteiger charge is -2.36. The Morgan fingerprint density at radius 3 is 2.21 bits per heavy atom. The molecule has 2 aromatic rings. The predicted octanol–water partition coefficient (Wildman–Crippen LogP) is 3.95. The Hall–Kier alpha value is -3.35. The number of rotatable bonds is 7. The van der Waals surface area contributed by atoms with Crippen molar-refractivity contribution in [1.29, 1.82) is 0 Å². The molecule has 0 saturated carbocycles. The van der Waals surface area contributed by atoms with Crippen molar-refractivity contribution >= 4 is 23.5 Å². The highest BCUT2D eigenvalue weighted by atomic mass is 16.2. The summed E-state index contributed by atoms with van der Waals surface area (Å²) in [4.78, 5) is 40.3.